The molecule has 39 heavy (non-hydrogen) atoms. The Labute approximate surface area is 229 Å². The molecular weight excluding hydrogens is 518 g/mol. The minimum atomic E-state index is -3.99. The van der Waals surface area contributed by atoms with E-state index < -0.39 is 28.1 Å². The van der Waals surface area contributed by atoms with Gasteiger partial charge in [0.2, 0.25) is 9.84 Å². The molecule has 3 aliphatic heterocycles. The number of carbonyl (C=O) groups is 3. The van der Waals surface area contributed by atoms with Crippen LogP contribution in [0.3, 0.4) is 0 Å². The summed E-state index contributed by atoms with van der Waals surface area (Å²) < 4.78 is 33.0. The van der Waals surface area contributed by atoms with Crippen LogP contribution in [0, 0.1) is 0 Å². The minimum Gasteiger partial charge on any atom is -0.444 e. The van der Waals surface area contributed by atoms with E-state index in [2.05, 4.69) is 10.2 Å². The Hall–Kier alpha value is -3.08. The largest absolute Gasteiger partial charge is 0.444 e. The number of nitrogens with zero attached hydrogens (tertiary/aromatic N) is 2. The average molecular weight is 554 g/mol. The number of likely N-dealkylation sites (tertiary alicyclic amines) is 1. The monoisotopic (exact) mass is 553 g/mol. The van der Waals surface area contributed by atoms with Gasteiger partial charge in [-0.15, -0.1) is 0 Å². The molecule has 2 aromatic carbocycles. The van der Waals surface area contributed by atoms with Crippen molar-refractivity contribution >= 4 is 27.5 Å². The van der Waals surface area contributed by atoms with Crippen LogP contribution in [0.15, 0.2) is 52.3 Å². The Balaban J connectivity index is 1.53. The quantitative estimate of drug-likeness (QED) is 0.463. The summed E-state index contributed by atoms with van der Waals surface area (Å²) in [5.74, 6) is -0.677. The minimum absolute atomic E-state index is 0.0490. The Morgan fingerprint density at radius 3 is 2.41 bits per heavy atom. The number of hydrogen-bond acceptors (Lipinski definition) is 8. The highest BCUT2D eigenvalue weighted by molar-refractivity contribution is 7.91. The molecule has 1 amide bonds. The topological polar surface area (TPSA) is 113 Å². The maximum Gasteiger partial charge on any atom is 0.410 e. The van der Waals surface area contributed by atoms with Crippen LogP contribution in [0.25, 0.3) is 0 Å². The van der Waals surface area contributed by atoms with Crippen molar-refractivity contribution in [1.82, 2.24) is 15.1 Å². The molecule has 0 saturated carbocycles. The van der Waals surface area contributed by atoms with Crippen LogP contribution < -0.4 is 5.32 Å². The van der Waals surface area contributed by atoms with Crippen molar-refractivity contribution in [3.8, 4) is 0 Å². The number of Topliss-reactive ketones (excluding diaryl/α,β-unsaturated/α-hetero) is 1. The zero-order chi connectivity index (χ0) is 27.7. The highest BCUT2D eigenvalue weighted by Crippen LogP contribution is 2.36. The van der Waals surface area contributed by atoms with Crippen LogP contribution in [0.2, 0.25) is 0 Å². The molecule has 1 N–H and O–H groups in total. The number of amides is 1. The summed E-state index contributed by atoms with van der Waals surface area (Å²) in [5, 5.41) is 3.36. The van der Waals surface area contributed by atoms with Gasteiger partial charge in [0.05, 0.1) is 9.79 Å². The highest BCUT2D eigenvalue weighted by atomic mass is 32.2. The number of nitrogens with one attached hydrogen (secondary N) is 1. The molecule has 3 aliphatic rings. The third-order valence-corrected chi connectivity index (χ3v) is 10.0. The summed E-state index contributed by atoms with van der Waals surface area (Å²) in [6.45, 7) is 7.11. The van der Waals surface area contributed by atoms with Crippen molar-refractivity contribution in [2.24, 2.45) is 0 Å². The van der Waals surface area contributed by atoms with Crippen molar-refractivity contribution in [3.05, 3.63) is 59.2 Å². The molecule has 2 unspecified atom stereocenters. The zero-order valence-corrected chi connectivity index (χ0v) is 23.2. The number of piperidine rings is 2. The van der Waals surface area contributed by atoms with E-state index in [1.807, 2.05) is 13.8 Å². The second-order valence-electron chi connectivity index (χ2n) is 10.3. The summed E-state index contributed by atoms with van der Waals surface area (Å²) in [6, 6.07) is 9.84. The molecule has 2 atom stereocenters. The lowest BCUT2D eigenvalue weighted by Gasteiger charge is -2.45. The zero-order valence-electron chi connectivity index (χ0n) is 22.4. The van der Waals surface area contributed by atoms with Crippen LogP contribution in [-0.4, -0.2) is 86.8 Å². The first kappa shape index (κ1) is 27.5. The van der Waals surface area contributed by atoms with Crippen molar-refractivity contribution < 1.29 is 27.5 Å². The van der Waals surface area contributed by atoms with Crippen LogP contribution in [0.5, 0.6) is 0 Å². The molecule has 0 radical (unpaired) electrons. The van der Waals surface area contributed by atoms with Gasteiger partial charge >= 0.3 is 6.09 Å². The van der Waals surface area contributed by atoms with Crippen molar-refractivity contribution in [2.75, 3.05) is 32.7 Å². The molecule has 2 fully saturated rings. The summed E-state index contributed by atoms with van der Waals surface area (Å²) >= 11 is 0. The fourth-order valence-corrected chi connectivity index (χ4v) is 7.75. The van der Waals surface area contributed by atoms with Crippen molar-refractivity contribution in [3.63, 3.8) is 0 Å². The Bertz CT molecular complexity index is 1380. The van der Waals surface area contributed by atoms with E-state index in [0.717, 1.165) is 32.4 Å². The lowest BCUT2D eigenvalue weighted by atomic mass is 9.88. The van der Waals surface area contributed by atoms with E-state index in [1.165, 1.54) is 30.3 Å². The number of fused-ring (bicyclic) bond motifs is 2. The van der Waals surface area contributed by atoms with Crippen LogP contribution >= 0.6 is 0 Å². The number of benzene rings is 2. The fraction of sp³-hybridized carbons (Fsp3) is 0.483. The molecule has 2 saturated heterocycles. The molecule has 208 valence electrons. The molecule has 3 heterocycles. The smallest absolute Gasteiger partial charge is 0.410 e. The third kappa shape index (κ3) is 5.01. The number of carbonyl (C=O) groups excluding carboxylic acids is 3. The average Bonchev–Trinajstić information content (AvgIpc) is 2.96. The highest BCUT2D eigenvalue weighted by Gasteiger charge is 2.44. The van der Waals surface area contributed by atoms with E-state index in [9.17, 15) is 22.8 Å². The van der Waals surface area contributed by atoms with Gasteiger partial charge in [0.1, 0.15) is 12.1 Å². The van der Waals surface area contributed by atoms with Gasteiger partial charge in [-0.05, 0) is 83.4 Å². The second kappa shape index (κ2) is 11.2. The first-order valence-corrected chi connectivity index (χ1v) is 15.2. The first-order chi connectivity index (χ1) is 18.8. The van der Waals surface area contributed by atoms with Gasteiger partial charge in [-0.3, -0.25) is 14.5 Å². The van der Waals surface area contributed by atoms with E-state index in [1.54, 1.807) is 17.0 Å². The molecule has 0 spiro atoms. The number of ketones is 2. The van der Waals surface area contributed by atoms with Gasteiger partial charge < -0.3 is 15.0 Å². The predicted octanol–water partition coefficient (Wildman–Crippen LogP) is 3.31. The van der Waals surface area contributed by atoms with Gasteiger partial charge in [-0.2, -0.15) is 0 Å². The molecule has 10 heteroatoms. The van der Waals surface area contributed by atoms with E-state index in [0.29, 0.717) is 26.1 Å². The maximum absolute atomic E-state index is 14.2. The predicted molar refractivity (Wildman–Crippen MR) is 145 cm³/mol. The summed E-state index contributed by atoms with van der Waals surface area (Å²) in [5.41, 5.74) is 0.393. The standard InChI is InChI=1S/C29H35N3O6S/c1-3-31(4-2)29(35)38-23-9-7-17-32(20-13-15-30-16-14-20)26(23)27(33)19-11-12-22-25(18-19)39(36,37)24-10-6-5-8-21(24)28(22)34/h5-6,8,10-12,18,20,23,26,30H,3-4,7,9,13-17H2,1-2H3. The Kier molecular flexibility index (Phi) is 7.89. The van der Waals surface area contributed by atoms with Gasteiger partial charge in [0.15, 0.2) is 11.6 Å². The third-order valence-electron chi connectivity index (χ3n) is 8.16. The van der Waals surface area contributed by atoms with E-state index in [4.69, 9.17) is 4.74 Å². The molecular formula is C29H35N3O6S. The Morgan fingerprint density at radius 1 is 1.00 bits per heavy atom. The van der Waals surface area contributed by atoms with Gasteiger partial charge in [-0.25, -0.2) is 13.2 Å². The first-order valence-electron chi connectivity index (χ1n) is 13.8. The van der Waals surface area contributed by atoms with Gasteiger partial charge in [0.25, 0.3) is 0 Å². The van der Waals surface area contributed by atoms with Crippen molar-refractivity contribution in [1.29, 1.82) is 0 Å². The van der Waals surface area contributed by atoms with Crippen LogP contribution in [-0.2, 0) is 14.6 Å². The molecule has 0 aliphatic carbocycles. The summed E-state index contributed by atoms with van der Waals surface area (Å²) in [4.78, 5) is 43.8. The lowest BCUT2D eigenvalue weighted by Crippen LogP contribution is -2.59. The van der Waals surface area contributed by atoms with Crippen LogP contribution in [0.4, 0.5) is 4.79 Å². The number of sulfone groups is 1. The molecule has 2 aromatic rings. The molecule has 5 rings (SSSR count). The van der Waals surface area contributed by atoms with Gasteiger partial charge in [0, 0.05) is 35.8 Å². The van der Waals surface area contributed by atoms with E-state index in [-0.39, 0.29) is 44.1 Å². The maximum atomic E-state index is 14.2. The SMILES string of the molecule is CCN(CC)C(=O)OC1CCCN(C2CCNCC2)C1C(=O)c1ccc2c(c1)S(=O)(=O)c1ccccc1C2=O. The molecule has 9 nitrogen and oxygen atoms in total. The summed E-state index contributed by atoms with van der Waals surface area (Å²) in [6.07, 6.45) is 1.94. The lowest BCUT2D eigenvalue weighted by molar-refractivity contribution is -0.0274. The molecule has 0 aromatic heterocycles. The van der Waals surface area contributed by atoms with Crippen LogP contribution in [0.1, 0.15) is 65.8 Å². The fourth-order valence-electron chi connectivity index (χ4n) is 6.07. The number of hydrogen-bond donors (Lipinski definition) is 1. The summed E-state index contributed by atoms with van der Waals surface area (Å²) in [7, 11) is -3.99. The van der Waals surface area contributed by atoms with Crippen molar-refractivity contribution in [2.45, 2.75) is 67.5 Å². The number of rotatable bonds is 6. The molecule has 0 bridgehead atoms. The Morgan fingerprint density at radius 2 is 1.69 bits per heavy atom. The van der Waals surface area contributed by atoms with Gasteiger partial charge in [-0.1, -0.05) is 18.2 Å². The normalized spacial score (nSPS) is 23.0. The number of ether oxygens (including phenoxy) is 1. The van der Waals surface area contributed by atoms with E-state index >= 15 is 0 Å². The second-order valence-corrected chi connectivity index (χ2v) is 12.2.